The van der Waals surface area contributed by atoms with Crippen molar-refractivity contribution in [1.82, 2.24) is 0 Å². The van der Waals surface area contributed by atoms with E-state index in [2.05, 4.69) is 16.0 Å². The highest BCUT2D eigenvalue weighted by Crippen LogP contribution is 2.36. The number of unbranched alkanes of at least 4 members (excludes halogenated alkanes) is 2. The standard InChI is InChI=1S/C16H15F3O4S/c1-2-3-4-5-7-12-10-11-8-6-9-13(14(11)15(12)20)23-24(21,22)16(17,18)19/h6,8-9,12H,2-4,10H2,1H3. The number of carbonyl (C=O) groups is 1. The summed E-state index contributed by atoms with van der Waals surface area (Å²) in [5.74, 6) is 3.88. The molecule has 2 rings (SSSR count). The second-order valence-corrected chi connectivity index (χ2v) is 6.86. The Hall–Kier alpha value is -2.01. The van der Waals surface area contributed by atoms with Gasteiger partial charge in [-0.3, -0.25) is 4.79 Å². The maximum Gasteiger partial charge on any atom is 0.534 e. The van der Waals surface area contributed by atoms with Crippen molar-refractivity contribution in [3.63, 3.8) is 0 Å². The third-order valence-corrected chi connectivity index (χ3v) is 4.48. The number of carbonyl (C=O) groups excluding carboxylic acids is 1. The van der Waals surface area contributed by atoms with Gasteiger partial charge in [-0.05, 0) is 24.5 Å². The molecule has 0 fully saturated rings. The van der Waals surface area contributed by atoms with E-state index in [9.17, 15) is 26.4 Å². The topological polar surface area (TPSA) is 60.4 Å². The van der Waals surface area contributed by atoms with E-state index in [0.717, 1.165) is 18.9 Å². The van der Waals surface area contributed by atoms with Crippen molar-refractivity contribution in [1.29, 1.82) is 0 Å². The Kier molecular flexibility index (Phi) is 5.23. The Morgan fingerprint density at radius 1 is 1.33 bits per heavy atom. The minimum absolute atomic E-state index is 0.139. The fraction of sp³-hybridized carbons (Fsp3) is 0.438. The highest BCUT2D eigenvalue weighted by atomic mass is 32.2. The molecule has 0 saturated carbocycles. The first-order chi connectivity index (χ1) is 11.2. The molecule has 0 saturated heterocycles. The number of alkyl halides is 3. The van der Waals surface area contributed by atoms with Crippen molar-refractivity contribution < 1.29 is 30.6 Å². The number of fused-ring (bicyclic) bond motifs is 1. The summed E-state index contributed by atoms with van der Waals surface area (Å²) in [6.45, 7) is 2.00. The van der Waals surface area contributed by atoms with E-state index in [0.29, 0.717) is 12.0 Å². The van der Waals surface area contributed by atoms with E-state index in [4.69, 9.17) is 0 Å². The summed E-state index contributed by atoms with van der Waals surface area (Å²) in [5.41, 5.74) is -5.26. The maximum atomic E-state index is 12.5. The van der Waals surface area contributed by atoms with Gasteiger partial charge in [0.15, 0.2) is 11.5 Å². The van der Waals surface area contributed by atoms with Gasteiger partial charge in [-0.2, -0.15) is 21.6 Å². The van der Waals surface area contributed by atoms with E-state index in [-0.39, 0.29) is 12.0 Å². The number of halogens is 3. The molecule has 0 bridgehead atoms. The zero-order chi connectivity index (χ0) is 18.0. The summed E-state index contributed by atoms with van der Waals surface area (Å²) < 4.78 is 63.9. The van der Waals surface area contributed by atoms with Crippen LogP contribution in [0.4, 0.5) is 13.2 Å². The van der Waals surface area contributed by atoms with E-state index >= 15 is 0 Å². The third kappa shape index (κ3) is 3.73. The van der Waals surface area contributed by atoms with Crippen LogP contribution in [-0.2, 0) is 16.5 Å². The van der Waals surface area contributed by atoms with E-state index < -0.39 is 33.1 Å². The summed E-state index contributed by atoms with van der Waals surface area (Å²) in [6, 6.07) is 3.93. The van der Waals surface area contributed by atoms with E-state index in [1.807, 2.05) is 6.92 Å². The number of ketones is 1. The number of hydrogen-bond acceptors (Lipinski definition) is 4. The van der Waals surface area contributed by atoms with E-state index in [1.54, 1.807) is 6.07 Å². The minimum atomic E-state index is -5.83. The maximum absolute atomic E-state index is 12.5. The van der Waals surface area contributed by atoms with Gasteiger partial charge in [0.05, 0.1) is 11.5 Å². The van der Waals surface area contributed by atoms with Crippen LogP contribution in [0.3, 0.4) is 0 Å². The van der Waals surface area contributed by atoms with Gasteiger partial charge >= 0.3 is 15.6 Å². The van der Waals surface area contributed by atoms with Gasteiger partial charge in [-0.1, -0.05) is 31.4 Å². The second-order valence-electron chi connectivity index (χ2n) is 5.32. The predicted octanol–water partition coefficient (Wildman–Crippen LogP) is 3.46. The smallest absolute Gasteiger partial charge is 0.375 e. The van der Waals surface area contributed by atoms with Crippen LogP contribution in [0.2, 0.25) is 0 Å². The molecular formula is C16H15F3O4S. The Labute approximate surface area is 138 Å². The summed E-state index contributed by atoms with van der Waals surface area (Å²) in [4.78, 5) is 12.4. The average molecular weight is 360 g/mol. The van der Waals surface area contributed by atoms with Gasteiger partial charge in [0.25, 0.3) is 0 Å². The quantitative estimate of drug-likeness (QED) is 0.357. The normalized spacial score (nSPS) is 17.2. The molecule has 1 unspecified atom stereocenters. The van der Waals surface area contributed by atoms with Crippen LogP contribution in [-0.4, -0.2) is 19.7 Å². The number of hydrogen-bond donors (Lipinski definition) is 0. The van der Waals surface area contributed by atoms with Gasteiger partial charge < -0.3 is 4.18 Å². The molecule has 0 aromatic heterocycles. The van der Waals surface area contributed by atoms with Crippen LogP contribution < -0.4 is 4.18 Å². The number of rotatable bonds is 4. The first kappa shape index (κ1) is 18.3. The Morgan fingerprint density at radius 3 is 2.67 bits per heavy atom. The first-order valence-corrected chi connectivity index (χ1v) is 8.73. The zero-order valence-corrected chi connectivity index (χ0v) is 13.6. The molecule has 4 nitrogen and oxygen atoms in total. The molecule has 24 heavy (non-hydrogen) atoms. The summed E-state index contributed by atoms with van der Waals surface area (Å²) in [7, 11) is -5.83. The van der Waals surface area contributed by atoms with Crippen LogP contribution in [0.1, 0.15) is 42.1 Å². The summed E-state index contributed by atoms with van der Waals surface area (Å²) in [5, 5.41) is 0. The molecule has 1 aromatic carbocycles. The predicted molar refractivity (Wildman–Crippen MR) is 80.9 cm³/mol. The molecule has 1 aliphatic carbocycles. The number of benzene rings is 1. The molecule has 1 atom stereocenters. The van der Waals surface area contributed by atoms with Crippen molar-refractivity contribution >= 4 is 15.9 Å². The van der Waals surface area contributed by atoms with Crippen molar-refractivity contribution in [3.8, 4) is 17.6 Å². The van der Waals surface area contributed by atoms with Gasteiger partial charge in [0.2, 0.25) is 0 Å². The van der Waals surface area contributed by atoms with Crippen molar-refractivity contribution in [2.45, 2.75) is 38.1 Å². The van der Waals surface area contributed by atoms with Crippen molar-refractivity contribution in [2.24, 2.45) is 5.92 Å². The van der Waals surface area contributed by atoms with Gasteiger partial charge in [-0.15, -0.1) is 5.92 Å². The highest BCUT2D eigenvalue weighted by Gasteiger charge is 2.49. The molecule has 0 N–H and O–H groups in total. The van der Waals surface area contributed by atoms with Gasteiger partial charge in [0, 0.05) is 6.42 Å². The summed E-state index contributed by atoms with van der Waals surface area (Å²) in [6.07, 6.45) is 2.71. The zero-order valence-electron chi connectivity index (χ0n) is 12.8. The van der Waals surface area contributed by atoms with Crippen molar-refractivity contribution in [3.05, 3.63) is 29.3 Å². The molecule has 0 aliphatic heterocycles. The third-order valence-electron chi connectivity index (χ3n) is 3.51. The van der Waals surface area contributed by atoms with Crippen LogP contribution in [0, 0.1) is 17.8 Å². The fourth-order valence-electron chi connectivity index (χ4n) is 2.33. The highest BCUT2D eigenvalue weighted by molar-refractivity contribution is 7.88. The van der Waals surface area contributed by atoms with Crippen LogP contribution >= 0.6 is 0 Å². The first-order valence-electron chi connectivity index (χ1n) is 7.32. The molecule has 0 spiro atoms. The van der Waals surface area contributed by atoms with Crippen LogP contribution in [0.25, 0.3) is 0 Å². The lowest BCUT2D eigenvalue weighted by atomic mass is 10.1. The lowest BCUT2D eigenvalue weighted by Gasteiger charge is -2.11. The van der Waals surface area contributed by atoms with Crippen molar-refractivity contribution in [2.75, 3.05) is 0 Å². The van der Waals surface area contributed by atoms with Crippen LogP contribution in [0.5, 0.6) is 5.75 Å². The molecule has 8 heteroatoms. The van der Waals surface area contributed by atoms with E-state index in [1.165, 1.54) is 6.07 Å². The Balaban J connectivity index is 2.29. The Morgan fingerprint density at radius 2 is 2.04 bits per heavy atom. The molecule has 1 aliphatic rings. The second kappa shape index (κ2) is 6.85. The average Bonchev–Trinajstić information content (AvgIpc) is 2.80. The Bertz CT molecular complexity index is 801. The minimum Gasteiger partial charge on any atom is -0.375 e. The van der Waals surface area contributed by atoms with Gasteiger partial charge in [0.1, 0.15) is 0 Å². The number of Topliss-reactive ketones (excluding diaryl/α,β-unsaturated/α-hetero) is 1. The molecule has 0 radical (unpaired) electrons. The lowest BCUT2D eigenvalue weighted by molar-refractivity contribution is -0.0500. The molecule has 0 amide bonds. The SMILES string of the molecule is CCCCC#CC1Cc2cccc(OS(=O)(=O)C(F)(F)F)c2C1=O. The summed E-state index contributed by atoms with van der Waals surface area (Å²) >= 11 is 0. The largest absolute Gasteiger partial charge is 0.534 e. The molecule has 130 valence electrons. The fourth-order valence-corrected chi connectivity index (χ4v) is 2.79. The molecule has 0 heterocycles. The molecule has 1 aromatic rings. The molecular weight excluding hydrogens is 345 g/mol. The monoisotopic (exact) mass is 360 g/mol. The lowest BCUT2D eigenvalue weighted by Crippen LogP contribution is -2.28. The van der Waals surface area contributed by atoms with Crippen LogP contribution in [0.15, 0.2) is 18.2 Å². The van der Waals surface area contributed by atoms with Gasteiger partial charge in [-0.25, -0.2) is 0 Å².